The molecule has 0 bridgehead atoms. The third-order valence-corrected chi connectivity index (χ3v) is 6.37. The van der Waals surface area contributed by atoms with Crippen LogP contribution in [0.3, 0.4) is 0 Å². The molecule has 0 radical (unpaired) electrons. The van der Waals surface area contributed by atoms with E-state index in [1.165, 1.54) is 11.8 Å². The average molecular weight is 351 g/mol. The number of rotatable bonds is 4. The Bertz CT molecular complexity index is 400. The minimum Gasteiger partial charge on any atom is -0.271 e. The Morgan fingerprint density at radius 2 is 2.33 bits per heavy atom. The predicted molar refractivity (Wildman–Crippen MR) is 82.5 cm³/mol. The number of halogens is 2. The summed E-state index contributed by atoms with van der Waals surface area (Å²) in [5.74, 6) is 8.90. The van der Waals surface area contributed by atoms with E-state index in [0.29, 0.717) is 17.2 Å². The minimum absolute atomic E-state index is 0.117. The van der Waals surface area contributed by atoms with Gasteiger partial charge in [-0.05, 0) is 30.2 Å². The molecule has 100 valence electrons. The summed E-state index contributed by atoms with van der Waals surface area (Å²) in [4.78, 5) is 0. The average Bonchev–Trinajstić information content (AvgIpc) is 2.41. The minimum atomic E-state index is -0.160. The fraction of sp³-hybridized carbons (Fsp3) is 0.500. The van der Waals surface area contributed by atoms with Crippen LogP contribution >= 0.6 is 39.5 Å². The molecule has 2 nitrogen and oxygen atoms in total. The maximum atomic E-state index is 13.7. The second kappa shape index (κ2) is 7.14. The molecule has 1 aromatic carbocycles. The lowest BCUT2D eigenvalue weighted by molar-refractivity contribution is 0.507. The quantitative estimate of drug-likeness (QED) is 0.646. The SMILES string of the molecule is NNC(Cc1cc(Br)ccc1F)C1CSCCS1. The highest BCUT2D eigenvalue weighted by Crippen LogP contribution is 2.28. The van der Waals surface area contributed by atoms with Gasteiger partial charge in [0.05, 0.1) is 0 Å². The van der Waals surface area contributed by atoms with Crippen LogP contribution in [0.25, 0.3) is 0 Å². The zero-order valence-corrected chi connectivity index (χ0v) is 13.1. The van der Waals surface area contributed by atoms with E-state index >= 15 is 0 Å². The number of hydrogen-bond donors (Lipinski definition) is 2. The summed E-state index contributed by atoms with van der Waals surface area (Å²) in [7, 11) is 0. The molecule has 0 aliphatic carbocycles. The number of hydrazine groups is 1. The van der Waals surface area contributed by atoms with E-state index in [-0.39, 0.29) is 11.9 Å². The summed E-state index contributed by atoms with van der Waals surface area (Å²) in [6, 6.07) is 5.16. The van der Waals surface area contributed by atoms with Crippen LogP contribution in [0, 0.1) is 5.82 Å². The van der Waals surface area contributed by atoms with Crippen molar-refractivity contribution in [3.05, 3.63) is 34.1 Å². The number of hydrogen-bond acceptors (Lipinski definition) is 4. The fourth-order valence-corrected chi connectivity index (χ4v) is 5.25. The molecule has 18 heavy (non-hydrogen) atoms. The molecule has 1 fully saturated rings. The first kappa shape index (κ1) is 14.7. The largest absolute Gasteiger partial charge is 0.271 e. The van der Waals surface area contributed by atoms with Crippen molar-refractivity contribution < 1.29 is 4.39 Å². The van der Waals surface area contributed by atoms with Crippen molar-refractivity contribution in [2.75, 3.05) is 17.3 Å². The highest BCUT2D eigenvalue weighted by Gasteiger charge is 2.24. The van der Waals surface area contributed by atoms with E-state index in [2.05, 4.69) is 21.4 Å². The molecule has 2 rings (SSSR count). The number of nitrogens with one attached hydrogen (secondary N) is 1. The zero-order valence-electron chi connectivity index (χ0n) is 9.86. The van der Waals surface area contributed by atoms with Crippen molar-refractivity contribution in [1.82, 2.24) is 5.43 Å². The number of nitrogens with two attached hydrogens (primary N) is 1. The zero-order chi connectivity index (χ0) is 13.0. The predicted octanol–water partition coefficient (Wildman–Crippen LogP) is 2.81. The summed E-state index contributed by atoms with van der Waals surface area (Å²) in [5, 5.41) is 0.451. The summed E-state index contributed by atoms with van der Waals surface area (Å²) < 4.78 is 14.6. The second-order valence-electron chi connectivity index (χ2n) is 4.20. The Balaban J connectivity index is 2.06. The molecule has 2 unspecified atom stereocenters. The Morgan fingerprint density at radius 1 is 1.50 bits per heavy atom. The van der Waals surface area contributed by atoms with Gasteiger partial charge in [-0.2, -0.15) is 23.5 Å². The molecule has 3 N–H and O–H groups in total. The van der Waals surface area contributed by atoms with Gasteiger partial charge >= 0.3 is 0 Å². The molecule has 0 spiro atoms. The number of thioether (sulfide) groups is 2. The summed E-state index contributed by atoms with van der Waals surface area (Å²) in [5.41, 5.74) is 3.56. The lowest BCUT2D eigenvalue weighted by Crippen LogP contribution is -2.46. The van der Waals surface area contributed by atoms with Gasteiger partial charge in [-0.3, -0.25) is 11.3 Å². The Labute approximate surface area is 124 Å². The highest BCUT2D eigenvalue weighted by molar-refractivity contribution is 9.10. The third kappa shape index (κ3) is 3.87. The van der Waals surface area contributed by atoms with E-state index in [1.54, 1.807) is 6.07 Å². The molecule has 1 heterocycles. The van der Waals surface area contributed by atoms with Gasteiger partial charge in [-0.1, -0.05) is 15.9 Å². The van der Waals surface area contributed by atoms with E-state index in [4.69, 9.17) is 5.84 Å². The van der Waals surface area contributed by atoms with Gasteiger partial charge in [-0.15, -0.1) is 0 Å². The van der Waals surface area contributed by atoms with E-state index in [0.717, 1.165) is 16.0 Å². The van der Waals surface area contributed by atoms with Crippen LogP contribution in [-0.2, 0) is 6.42 Å². The van der Waals surface area contributed by atoms with Crippen LogP contribution in [0.2, 0.25) is 0 Å². The molecule has 1 aliphatic rings. The van der Waals surface area contributed by atoms with Crippen molar-refractivity contribution in [3.63, 3.8) is 0 Å². The topological polar surface area (TPSA) is 38.0 Å². The molecule has 6 heteroatoms. The van der Waals surface area contributed by atoms with E-state index < -0.39 is 0 Å². The maximum Gasteiger partial charge on any atom is 0.126 e. The van der Waals surface area contributed by atoms with Crippen molar-refractivity contribution in [2.45, 2.75) is 17.7 Å². The van der Waals surface area contributed by atoms with Crippen molar-refractivity contribution in [1.29, 1.82) is 0 Å². The van der Waals surface area contributed by atoms with Gasteiger partial charge < -0.3 is 0 Å². The third-order valence-electron chi connectivity index (χ3n) is 2.95. The lowest BCUT2D eigenvalue weighted by Gasteiger charge is -2.29. The first-order valence-corrected chi connectivity index (χ1v) is 8.79. The van der Waals surface area contributed by atoms with Crippen molar-refractivity contribution in [2.24, 2.45) is 5.84 Å². The normalized spacial score (nSPS) is 21.8. The van der Waals surface area contributed by atoms with Crippen LogP contribution < -0.4 is 11.3 Å². The van der Waals surface area contributed by atoms with Gasteiger partial charge in [0.2, 0.25) is 0 Å². The van der Waals surface area contributed by atoms with E-state index in [9.17, 15) is 4.39 Å². The van der Waals surface area contributed by atoms with Gasteiger partial charge in [0.1, 0.15) is 5.82 Å². The Kier molecular flexibility index (Phi) is 5.82. The first-order chi connectivity index (χ1) is 8.70. The van der Waals surface area contributed by atoms with Crippen LogP contribution in [0.15, 0.2) is 22.7 Å². The molecule has 1 saturated heterocycles. The van der Waals surface area contributed by atoms with Crippen LogP contribution in [0.5, 0.6) is 0 Å². The maximum absolute atomic E-state index is 13.7. The number of benzene rings is 1. The first-order valence-electron chi connectivity index (χ1n) is 5.80. The summed E-state index contributed by atoms with van der Waals surface area (Å²) in [6.07, 6.45) is 0.625. The van der Waals surface area contributed by atoms with Gasteiger partial charge in [0.25, 0.3) is 0 Å². The standard InChI is InChI=1S/C12H16BrFN2S2/c13-9-1-2-10(14)8(5-9)6-11(16-15)12-7-17-3-4-18-12/h1-2,5,11-12,16H,3-4,6-7,15H2. The second-order valence-corrected chi connectivity index (χ2v) is 7.61. The van der Waals surface area contributed by atoms with Crippen molar-refractivity contribution >= 4 is 39.5 Å². The smallest absolute Gasteiger partial charge is 0.126 e. The Morgan fingerprint density at radius 3 is 3.00 bits per heavy atom. The van der Waals surface area contributed by atoms with Crippen molar-refractivity contribution in [3.8, 4) is 0 Å². The molecular weight excluding hydrogens is 335 g/mol. The van der Waals surface area contributed by atoms with Gasteiger partial charge in [0.15, 0.2) is 0 Å². The summed E-state index contributed by atoms with van der Waals surface area (Å²) >= 11 is 7.25. The summed E-state index contributed by atoms with van der Waals surface area (Å²) in [6.45, 7) is 0. The van der Waals surface area contributed by atoms with E-state index in [1.807, 2.05) is 29.6 Å². The van der Waals surface area contributed by atoms with Crippen LogP contribution in [-0.4, -0.2) is 28.6 Å². The van der Waals surface area contributed by atoms with Gasteiger partial charge in [0, 0.05) is 33.0 Å². The molecule has 0 saturated carbocycles. The molecule has 0 amide bonds. The monoisotopic (exact) mass is 350 g/mol. The van der Waals surface area contributed by atoms with Gasteiger partial charge in [-0.25, -0.2) is 4.39 Å². The van der Waals surface area contributed by atoms with Crippen LogP contribution in [0.4, 0.5) is 4.39 Å². The molecule has 2 atom stereocenters. The fourth-order valence-electron chi connectivity index (χ4n) is 1.97. The Hall–Kier alpha value is 0.250. The molecular formula is C12H16BrFN2S2. The molecule has 0 aromatic heterocycles. The lowest BCUT2D eigenvalue weighted by atomic mass is 10.0. The highest BCUT2D eigenvalue weighted by atomic mass is 79.9. The molecule has 1 aliphatic heterocycles. The van der Waals surface area contributed by atoms with Crippen LogP contribution in [0.1, 0.15) is 5.56 Å². The molecule has 1 aromatic rings.